The average Bonchev–Trinajstić information content (AvgIpc) is 2.26. The van der Waals surface area contributed by atoms with Gasteiger partial charge in [-0.3, -0.25) is 4.79 Å². The van der Waals surface area contributed by atoms with E-state index >= 15 is 0 Å². The number of anilines is 1. The topological polar surface area (TPSA) is 32.3 Å². The first-order valence-electron chi connectivity index (χ1n) is 5.14. The van der Waals surface area contributed by atoms with Crippen LogP contribution in [0.1, 0.15) is 22.8 Å². The van der Waals surface area contributed by atoms with Gasteiger partial charge in [-0.1, -0.05) is 0 Å². The van der Waals surface area contributed by atoms with E-state index in [4.69, 9.17) is 0 Å². The standard InChI is InChI=1S/C12H18N2O/c1-5-14(4)12(15)11-7-6-10(13-3)8-9(11)2/h6-8,13H,5H2,1-4H3. The molecule has 0 saturated carbocycles. The summed E-state index contributed by atoms with van der Waals surface area (Å²) < 4.78 is 0. The quantitative estimate of drug-likeness (QED) is 0.821. The van der Waals surface area contributed by atoms with Crippen molar-refractivity contribution < 1.29 is 4.79 Å². The van der Waals surface area contributed by atoms with Crippen LogP contribution >= 0.6 is 0 Å². The first-order chi connectivity index (χ1) is 7.10. The number of nitrogens with zero attached hydrogens (tertiary/aromatic N) is 1. The second-order valence-corrected chi connectivity index (χ2v) is 3.60. The van der Waals surface area contributed by atoms with Crippen molar-refractivity contribution in [2.24, 2.45) is 0 Å². The van der Waals surface area contributed by atoms with E-state index in [9.17, 15) is 4.79 Å². The van der Waals surface area contributed by atoms with Crippen LogP contribution in [0.25, 0.3) is 0 Å². The van der Waals surface area contributed by atoms with Crippen molar-refractivity contribution >= 4 is 11.6 Å². The van der Waals surface area contributed by atoms with Crippen LogP contribution in [0.5, 0.6) is 0 Å². The van der Waals surface area contributed by atoms with Crippen LogP contribution in [-0.4, -0.2) is 31.4 Å². The van der Waals surface area contributed by atoms with Gasteiger partial charge in [0.2, 0.25) is 0 Å². The lowest BCUT2D eigenvalue weighted by Gasteiger charge is -2.16. The molecule has 15 heavy (non-hydrogen) atoms. The zero-order chi connectivity index (χ0) is 11.4. The Kier molecular flexibility index (Phi) is 3.72. The Morgan fingerprint density at radius 2 is 2.13 bits per heavy atom. The Bertz CT molecular complexity index is 361. The summed E-state index contributed by atoms with van der Waals surface area (Å²) in [6.45, 7) is 4.65. The molecule has 1 aromatic rings. The van der Waals surface area contributed by atoms with Gasteiger partial charge in [0.05, 0.1) is 0 Å². The zero-order valence-corrected chi connectivity index (χ0v) is 9.79. The van der Waals surface area contributed by atoms with Gasteiger partial charge >= 0.3 is 0 Å². The molecular weight excluding hydrogens is 188 g/mol. The minimum atomic E-state index is 0.0812. The lowest BCUT2D eigenvalue weighted by atomic mass is 10.1. The molecule has 3 heteroatoms. The molecule has 0 unspecified atom stereocenters. The SMILES string of the molecule is CCN(C)C(=O)c1ccc(NC)cc1C. The maximum Gasteiger partial charge on any atom is 0.253 e. The summed E-state index contributed by atoms with van der Waals surface area (Å²) >= 11 is 0. The van der Waals surface area contributed by atoms with Gasteiger partial charge in [-0.2, -0.15) is 0 Å². The largest absolute Gasteiger partial charge is 0.388 e. The Hall–Kier alpha value is -1.51. The number of amides is 1. The Morgan fingerprint density at radius 3 is 2.60 bits per heavy atom. The van der Waals surface area contributed by atoms with Crippen molar-refractivity contribution in [1.82, 2.24) is 4.90 Å². The second-order valence-electron chi connectivity index (χ2n) is 3.60. The lowest BCUT2D eigenvalue weighted by Crippen LogP contribution is -2.26. The summed E-state index contributed by atoms with van der Waals surface area (Å²) in [4.78, 5) is 13.6. The van der Waals surface area contributed by atoms with Crippen molar-refractivity contribution in [1.29, 1.82) is 0 Å². The third-order valence-electron chi connectivity index (χ3n) is 2.57. The van der Waals surface area contributed by atoms with E-state index in [0.29, 0.717) is 0 Å². The van der Waals surface area contributed by atoms with Crippen molar-refractivity contribution in [3.63, 3.8) is 0 Å². The smallest absolute Gasteiger partial charge is 0.253 e. The molecule has 0 aliphatic heterocycles. The van der Waals surface area contributed by atoms with Crippen LogP contribution < -0.4 is 5.32 Å². The molecule has 1 aromatic carbocycles. The van der Waals surface area contributed by atoms with Gasteiger partial charge in [-0.05, 0) is 37.6 Å². The first kappa shape index (κ1) is 11.6. The molecule has 0 radical (unpaired) electrons. The second kappa shape index (κ2) is 4.82. The summed E-state index contributed by atoms with van der Waals surface area (Å²) in [5, 5.41) is 3.05. The Balaban J connectivity index is 3.00. The summed E-state index contributed by atoms with van der Waals surface area (Å²) in [5.74, 6) is 0.0812. The number of nitrogens with one attached hydrogen (secondary N) is 1. The van der Waals surface area contributed by atoms with Crippen molar-refractivity contribution in [2.45, 2.75) is 13.8 Å². The van der Waals surface area contributed by atoms with E-state index < -0.39 is 0 Å². The summed E-state index contributed by atoms with van der Waals surface area (Å²) in [7, 11) is 3.68. The highest BCUT2D eigenvalue weighted by atomic mass is 16.2. The fourth-order valence-corrected chi connectivity index (χ4v) is 1.41. The highest BCUT2D eigenvalue weighted by Gasteiger charge is 2.12. The normalized spacial score (nSPS) is 9.87. The lowest BCUT2D eigenvalue weighted by molar-refractivity contribution is 0.0802. The average molecular weight is 206 g/mol. The van der Waals surface area contributed by atoms with Crippen LogP contribution in [0.2, 0.25) is 0 Å². The highest BCUT2D eigenvalue weighted by Crippen LogP contribution is 2.15. The van der Waals surface area contributed by atoms with Crippen molar-refractivity contribution in [2.75, 3.05) is 26.0 Å². The highest BCUT2D eigenvalue weighted by molar-refractivity contribution is 5.95. The van der Waals surface area contributed by atoms with Crippen LogP contribution in [0.15, 0.2) is 18.2 Å². The molecule has 0 fully saturated rings. The molecule has 0 atom stereocenters. The van der Waals surface area contributed by atoms with E-state index in [2.05, 4.69) is 5.32 Å². The molecule has 0 aromatic heterocycles. The summed E-state index contributed by atoms with van der Waals surface area (Å²) in [6.07, 6.45) is 0. The van der Waals surface area contributed by atoms with E-state index in [1.807, 2.05) is 46.1 Å². The van der Waals surface area contributed by atoms with Gasteiger partial charge in [0.15, 0.2) is 0 Å². The molecule has 0 spiro atoms. The molecule has 82 valence electrons. The van der Waals surface area contributed by atoms with E-state index in [1.165, 1.54) is 0 Å². The number of carbonyl (C=O) groups excluding carboxylic acids is 1. The van der Waals surface area contributed by atoms with Gasteiger partial charge in [0.25, 0.3) is 5.91 Å². The van der Waals surface area contributed by atoms with Crippen LogP contribution in [0.4, 0.5) is 5.69 Å². The van der Waals surface area contributed by atoms with Gasteiger partial charge in [-0.15, -0.1) is 0 Å². The molecule has 1 amide bonds. The number of aryl methyl sites for hydroxylation is 1. The molecular formula is C12H18N2O. The Labute approximate surface area is 91.1 Å². The fraction of sp³-hybridized carbons (Fsp3) is 0.417. The molecule has 0 saturated heterocycles. The number of rotatable bonds is 3. The maximum atomic E-state index is 11.9. The number of carbonyl (C=O) groups is 1. The fourth-order valence-electron chi connectivity index (χ4n) is 1.41. The number of hydrogen-bond donors (Lipinski definition) is 1. The van der Waals surface area contributed by atoms with Crippen LogP contribution in [0.3, 0.4) is 0 Å². The summed E-state index contributed by atoms with van der Waals surface area (Å²) in [5.41, 5.74) is 2.81. The number of benzene rings is 1. The molecule has 0 aliphatic rings. The third-order valence-corrected chi connectivity index (χ3v) is 2.57. The van der Waals surface area contributed by atoms with Gasteiger partial charge in [0.1, 0.15) is 0 Å². The van der Waals surface area contributed by atoms with Gasteiger partial charge in [0, 0.05) is 31.9 Å². The first-order valence-corrected chi connectivity index (χ1v) is 5.14. The van der Waals surface area contributed by atoms with Crippen LogP contribution in [0, 0.1) is 6.92 Å². The molecule has 0 bridgehead atoms. The summed E-state index contributed by atoms with van der Waals surface area (Å²) in [6, 6.07) is 5.77. The molecule has 0 aliphatic carbocycles. The van der Waals surface area contributed by atoms with E-state index in [0.717, 1.165) is 23.4 Å². The minimum absolute atomic E-state index is 0.0812. The van der Waals surface area contributed by atoms with Crippen LogP contribution in [-0.2, 0) is 0 Å². The predicted octanol–water partition coefficient (Wildman–Crippen LogP) is 2.13. The minimum Gasteiger partial charge on any atom is -0.388 e. The molecule has 0 heterocycles. The molecule has 1 rings (SSSR count). The maximum absolute atomic E-state index is 11.9. The van der Waals surface area contributed by atoms with Crippen molar-refractivity contribution in [3.8, 4) is 0 Å². The third kappa shape index (κ3) is 2.49. The Morgan fingerprint density at radius 1 is 1.47 bits per heavy atom. The van der Waals surface area contributed by atoms with E-state index in [1.54, 1.807) is 4.90 Å². The van der Waals surface area contributed by atoms with E-state index in [-0.39, 0.29) is 5.91 Å². The molecule has 3 nitrogen and oxygen atoms in total. The monoisotopic (exact) mass is 206 g/mol. The van der Waals surface area contributed by atoms with Gasteiger partial charge in [-0.25, -0.2) is 0 Å². The number of hydrogen-bond acceptors (Lipinski definition) is 2. The van der Waals surface area contributed by atoms with Gasteiger partial charge < -0.3 is 10.2 Å². The van der Waals surface area contributed by atoms with Crippen molar-refractivity contribution in [3.05, 3.63) is 29.3 Å². The molecule has 1 N–H and O–H groups in total. The predicted molar refractivity (Wildman–Crippen MR) is 63.4 cm³/mol. The zero-order valence-electron chi connectivity index (χ0n) is 9.79.